The predicted molar refractivity (Wildman–Crippen MR) is 222 cm³/mol. The highest BCUT2D eigenvalue weighted by Gasteiger charge is 2.51. The van der Waals surface area contributed by atoms with Crippen LogP contribution in [0, 0.1) is 0 Å². The van der Waals surface area contributed by atoms with Gasteiger partial charge >= 0.3 is 0 Å². The van der Waals surface area contributed by atoms with Crippen LogP contribution in [0.3, 0.4) is 0 Å². The molecule has 0 saturated carbocycles. The number of hydrogen-bond donors (Lipinski definition) is 0. The summed E-state index contributed by atoms with van der Waals surface area (Å²) in [6.45, 7) is 4.71. The van der Waals surface area contributed by atoms with Gasteiger partial charge in [-0.2, -0.15) is 0 Å². The molecule has 0 amide bonds. The second-order valence-corrected chi connectivity index (χ2v) is 15.3. The number of ether oxygens (including phenoxy) is 1. The van der Waals surface area contributed by atoms with Gasteiger partial charge in [0.1, 0.15) is 11.5 Å². The van der Waals surface area contributed by atoms with Crippen LogP contribution in [-0.4, -0.2) is 0 Å². The molecule has 2 heteroatoms. The van der Waals surface area contributed by atoms with Gasteiger partial charge in [0.2, 0.25) is 0 Å². The number of fused-ring (bicyclic) bond motifs is 12. The summed E-state index contributed by atoms with van der Waals surface area (Å²) >= 11 is 0. The van der Waals surface area contributed by atoms with Crippen molar-refractivity contribution in [3.63, 3.8) is 0 Å². The summed E-state index contributed by atoms with van der Waals surface area (Å²) in [6.07, 6.45) is 0. The molecule has 1 unspecified atom stereocenters. The van der Waals surface area contributed by atoms with Gasteiger partial charge in [-0.15, -0.1) is 0 Å². The summed E-state index contributed by atoms with van der Waals surface area (Å²) in [4.78, 5) is 2.43. The fourth-order valence-corrected chi connectivity index (χ4v) is 9.69. The van der Waals surface area contributed by atoms with Crippen LogP contribution in [0.4, 0.5) is 17.1 Å². The van der Waals surface area contributed by atoms with E-state index in [9.17, 15) is 0 Å². The first-order valence-corrected chi connectivity index (χ1v) is 18.8. The molecule has 0 saturated heterocycles. The average Bonchev–Trinajstić information content (AvgIpc) is 3.64. The van der Waals surface area contributed by atoms with Crippen LogP contribution in [0.1, 0.15) is 47.2 Å². The van der Waals surface area contributed by atoms with Gasteiger partial charge in [0, 0.05) is 33.6 Å². The Morgan fingerprint density at radius 2 is 0.889 bits per heavy atom. The van der Waals surface area contributed by atoms with E-state index in [1.165, 1.54) is 55.6 Å². The van der Waals surface area contributed by atoms with E-state index in [1.54, 1.807) is 0 Å². The van der Waals surface area contributed by atoms with E-state index >= 15 is 0 Å². The number of benzene rings is 8. The Morgan fingerprint density at radius 3 is 1.63 bits per heavy atom. The van der Waals surface area contributed by atoms with Gasteiger partial charge in [-0.25, -0.2) is 0 Å². The first-order valence-electron chi connectivity index (χ1n) is 18.8. The van der Waals surface area contributed by atoms with Crippen LogP contribution in [0.5, 0.6) is 11.5 Å². The average molecular weight is 692 g/mol. The Morgan fingerprint density at radius 1 is 0.352 bits per heavy atom. The number of nitrogens with zero attached hydrogens (tertiary/aromatic N) is 1. The molecule has 1 atom stereocenters. The minimum absolute atomic E-state index is 0.111. The van der Waals surface area contributed by atoms with Gasteiger partial charge in [-0.1, -0.05) is 147 Å². The molecule has 2 nitrogen and oxygen atoms in total. The second-order valence-electron chi connectivity index (χ2n) is 15.3. The maximum atomic E-state index is 6.78. The molecule has 54 heavy (non-hydrogen) atoms. The number of anilines is 3. The molecule has 1 aliphatic heterocycles. The van der Waals surface area contributed by atoms with Crippen molar-refractivity contribution in [2.45, 2.75) is 24.7 Å². The zero-order chi connectivity index (χ0) is 36.0. The third-order valence-corrected chi connectivity index (χ3v) is 12.1. The Balaban J connectivity index is 1.18. The van der Waals surface area contributed by atoms with E-state index in [2.05, 4.69) is 207 Å². The lowest BCUT2D eigenvalue weighted by atomic mass is 9.65. The quantitative estimate of drug-likeness (QED) is 0.182. The lowest BCUT2D eigenvalue weighted by Gasteiger charge is -2.40. The molecule has 0 N–H and O–H groups in total. The van der Waals surface area contributed by atoms with Gasteiger partial charge in [-0.3, -0.25) is 0 Å². The SMILES string of the molecule is CC1(C)c2ccccc2-c2ccc(N(c3ccccc3)c3ccc4c(c3)C3(c5ccccc5Oc5ccc(-c6ccccc6)cc53)c3ccccc3-4)cc21. The van der Waals surface area contributed by atoms with Gasteiger partial charge in [0.05, 0.1) is 5.41 Å². The predicted octanol–water partition coefficient (Wildman–Crippen LogP) is 13.6. The van der Waals surface area contributed by atoms with Crippen LogP contribution in [0.25, 0.3) is 33.4 Å². The van der Waals surface area contributed by atoms with Crippen molar-refractivity contribution in [3.8, 4) is 44.9 Å². The number of rotatable bonds is 4. The van der Waals surface area contributed by atoms with Crippen molar-refractivity contribution in [2.75, 3.05) is 4.90 Å². The summed E-state index contributed by atoms with van der Waals surface area (Å²) in [7, 11) is 0. The van der Waals surface area contributed by atoms with Crippen molar-refractivity contribution in [2.24, 2.45) is 0 Å². The molecule has 256 valence electrons. The first kappa shape index (κ1) is 30.9. The first-order chi connectivity index (χ1) is 26.5. The highest BCUT2D eigenvalue weighted by molar-refractivity contribution is 5.92. The Kier molecular flexibility index (Phi) is 6.55. The van der Waals surface area contributed by atoms with Crippen LogP contribution in [0.2, 0.25) is 0 Å². The normalized spacial score (nSPS) is 16.3. The number of hydrogen-bond acceptors (Lipinski definition) is 2. The molecular weight excluding hydrogens is 655 g/mol. The summed E-state index contributed by atoms with van der Waals surface area (Å²) in [5.41, 5.74) is 17.8. The maximum absolute atomic E-state index is 6.78. The largest absolute Gasteiger partial charge is 0.457 e. The van der Waals surface area contributed by atoms with Crippen LogP contribution < -0.4 is 9.64 Å². The van der Waals surface area contributed by atoms with Crippen LogP contribution in [0.15, 0.2) is 188 Å². The molecule has 8 aromatic rings. The van der Waals surface area contributed by atoms with Crippen molar-refractivity contribution in [1.82, 2.24) is 0 Å². The van der Waals surface area contributed by atoms with Gasteiger partial charge in [-0.05, 0) is 110 Å². The van der Waals surface area contributed by atoms with Crippen LogP contribution >= 0.6 is 0 Å². The Labute approximate surface area is 316 Å². The summed E-state index contributed by atoms with van der Waals surface area (Å²) < 4.78 is 6.78. The molecule has 1 spiro atoms. The highest BCUT2D eigenvalue weighted by Crippen LogP contribution is 2.63. The number of para-hydroxylation sites is 2. The fraction of sp³-hybridized carbons (Fsp3) is 0.0769. The molecule has 11 rings (SSSR count). The molecule has 0 radical (unpaired) electrons. The molecule has 0 fully saturated rings. The summed E-state index contributed by atoms with van der Waals surface area (Å²) in [6, 6.07) is 68.8. The summed E-state index contributed by atoms with van der Waals surface area (Å²) in [5, 5.41) is 0. The van der Waals surface area contributed by atoms with Gasteiger partial charge < -0.3 is 9.64 Å². The second kappa shape index (κ2) is 11.4. The van der Waals surface area contributed by atoms with Crippen LogP contribution in [-0.2, 0) is 10.8 Å². The van der Waals surface area contributed by atoms with E-state index in [0.717, 1.165) is 39.7 Å². The topological polar surface area (TPSA) is 12.5 Å². The Bertz CT molecular complexity index is 2780. The zero-order valence-corrected chi connectivity index (χ0v) is 30.3. The monoisotopic (exact) mass is 691 g/mol. The standard InChI is InChI=1S/C52H37NO/c1-51(2)43-21-11-9-19-39(43)41-28-26-37(32-46(41)51)53(36-17-7-4-8-18-36)38-27-29-42-40-20-10-12-22-44(40)52(47(42)33-38)45-23-13-14-24-49(45)54-50-30-25-35(31-48(50)52)34-15-5-3-6-16-34/h3-33H,1-2H3. The lowest BCUT2D eigenvalue weighted by Crippen LogP contribution is -2.32. The molecule has 2 aliphatic carbocycles. The third kappa shape index (κ3) is 4.22. The molecule has 3 aliphatic rings. The molecule has 8 aromatic carbocycles. The molecule has 0 aromatic heterocycles. The minimum Gasteiger partial charge on any atom is -0.457 e. The van der Waals surface area contributed by atoms with E-state index in [-0.39, 0.29) is 5.41 Å². The zero-order valence-electron chi connectivity index (χ0n) is 30.3. The Hall–Kier alpha value is -6.64. The van der Waals surface area contributed by atoms with E-state index < -0.39 is 5.41 Å². The third-order valence-electron chi connectivity index (χ3n) is 12.1. The van der Waals surface area contributed by atoms with E-state index in [1.807, 2.05) is 0 Å². The van der Waals surface area contributed by atoms with Gasteiger partial charge in [0.15, 0.2) is 0 Å². The van der Waals surface area contributed by atoms with Crippen molar-refractivity contribution in [3.05, 3.63) is 221 Å². The maximum Gasteiger partial charge on any atom is 0.132 e. The lowest BCUT2D eigenvalue weighted by molar-refractivity contribution is 0.436. The smallest absolute Gasteiger partial charge is 0.132 e. The van der Waals surface area contributed by atoms with Crippen molar-refractivity contribution >= 4 is 17.1 Å². The van der Waals surface area contributed by atoms with E-state index in [0.29, 0.717) is 0 Å². The highest BCUT2D eigenvalue weighted by atomic mass is 16.5. The minimum atomic E-state index is -0.596. The summed E-state index contributed by atoms with van der Waals surface area (Å²) in [5.74, 6) is 1.78. The van der Waals surface area contributed by atoms with E-state index in [4.69, 9.17) is 4.74 Å². The molecular formula is C52H37NO. The fourth-order valence-electron chi connectivity index (χ4n) is 9.69. The molecule has 1 heterocycles. The van der Waals surface area contributed by atoms with Crippen molar-refractivity contribution < 1.29 is 4.74 Å². The molecule has 0 bridgehead atoms. The van der Waals surface area contributed by atoms with Gasteiger partial charge in [0.25, 0.3) is 0 Å². The van der Waals surface area contributed by atoms with Crippen molar-refractivity contribution in [1.29, 1.82) is 0 Å².